The van der Waals surface area contributed by atoms with Gasteiger partial charge in [-0.15, -0.1) is 0 Å². The van der Waals surface area contributed by atoms with Crippen LogP contribution in [0.4, 0.5) is 0 Å². The Bertz CT molecular complexity index is 540. The summed E-state index contributed by atoms with van der Waals surface area (Å²) in [5, 5.41) is 9.01. The first kappa shape index (κ1) is 34.4. The summed E-state index contributed by atoms with van der Waals surface area (Å²) in [5.74, 6) is -1.91. The predicted molar refractivity (Wildman–Crippen MR) is 153 cm³/mol. The van der Waals surface area contributed by atoms with Crippen LogP contribution in [0.25, 0.3) is 0 Å². The second-order valence-corrected chi connectivity index (χ2v) is 10.4. The van der Waals surface area contributed by atoms with Crippen LogP contribution in [0, 0.1) is 5.92 Å². The van der Waals surface area contributed by atoms with Gasteiger partial charge in [-0.05, 0) is 32.1 Å². The maximum absolute atomic E-state index is 11.9. The molecule has 0 aromatic rings. The zero-order chi connectivity index (χ0) is 26.5. The Balaban J connectivity index is 3.42. The number of hydrogen-bond acceptors (Lipinski definition) is 3. The van der Waals surface area contributed by atoms with Crippen LogP contribution in [-0.4, -0.2) is 23.7 Å². The molecule has 0 aromatic carbocycles. The van der Waals surface area contributed by atoms with E-state index in [1.54, 1.807) is 0 Å². The van der Waals surface area contributed by atoms with Crippen LogP contribution in [0.15, 0.2) is 24.8 Å². The summed E-state index contributed by atoms with van der Waals surface area (Å²) in [5.41, 5.74) is 0. The number of aliphatic carboxylic acids is 1. The van der Waals surface area contributed by atoms with E-state index in [9.17, 15) is 9.59 Å². The lowest BCUT2D eigenvalue weighted by Gasteiger charge is -2.13. The topological polar surface area (TPSA) is 63.6 Å². The number of hydrogen-bond donors (Lipinski definition) is 1. The van der Waals surface area contributed by atoms with Crippen LogP contribution >= 0.6 is 0 Å². The molecule has 0 heterocycles. The minimum absolute atomic E-state index is 0.140. The largest absolute Gasteiger partial charge is 0.481 e. The van der Waals surface area contributed by atoms with Crippen LogP contribution in [0.5, 0.6) is 0 Å². The van der Waals surface area contributed by atoms with E-state index >= 15 is 0 Å². The molecule has 0 saturated carbocycles. The summed E-state index contributed by atoms with van der Waals surface area (Å²) < 4.78 is 5.03. The molecule has 0 aliphatic carbocycles. The highest BCUT2D eigenvalue weighted by molar-refractivity contribution is 5.79. The molecule has 1 unspecified atom stereocenters. The highest BCUT2D eigenvalue weighted by atomic mass is 16.5. The van der Waals surface area contributed by atoms with Crippen LogP contribution < -0.4 is 0 Å². The molecule has 0 aromatic heterocycles. The van der Waals surface area contributed by atoms with E-state index in [-0.39, 0.29) is 13.0 Å². The minimum atomic E-state index is -0.949. The summed E-state index contributed by atoms with van der Waals surface area (Å²) in [6.45, 7) is 5.94. The van der Waals surface area contributed by atoms with E-state index in [0.717, 1.165) is 32.1 Å². The molecule has 4 nitrogen and oxygen atoms in total. The molecule has 0 radical (unpaired) electrons. The number of esters is 1. The van der Waals surface area contributed by atoms with Gasteiger partial charge in [0.15, 0.2) is 0 Å². The average molecular weight is 507 g/mol. The summed E-state index contributed by atoms with van der Waals surface area (Å²) in [4.78, 5) is 22.9. The Morgan fingerprint density at radius 3 is 1.53 bits per heavy atom. The number of carboxylic acid groups (broad SMARTS) is 1. The summed E-state index contributed by atoms with van der Waals surface area (Å²) in [6.07, 6.45) is 34.2. The van der Waals surface area contributed by atoms with Crippen molar-refractivity contribution < 1.29 is 19.4 Å². The maximum atomic E-state index is 11.9. The Labute approximate surface area is 223 Å². The molecule has 0 saturated heterocycles. The average Bonchev–Trinajstić information content (AvgIpc) is 2.86. The number of carbonyl (C=O) groups is 2. The number of carboxylic acids is 1. The first-order valence-electron chi connectivity index (χ1n) is 15.3. The molecular formula is C32H58O4. The van der Waals surface area contributed by atoms with Crippen molar-refractivity contribution in [3.63, 3.8) is 0 Å². The lowest BCUT2D eigenvalue weighted by Crippen LogP contribution is -2.21. The lowest BCUT2D eigenvalue weighted by molar-refractivity contribution is -0.152. The molecular weight excluding hydrogens is 448 g/mol. The molecule has 0 rings (SSSR count). The number of allylic oxidation sites excluding steroid dienone is 2. The van der Waals surface area contributed by atoms with E-state index in [0.29, 0.717) is 6.42 Å². The van der Waals surface area contributed by atoms with Crippen LogP contribution in [-0.2, 0) is 14.3 Å². The first-order valence-corrected chi connectivity index (χ1v) is 15.3. The van der Waals surface area contributed by atoms with Crippen LogP contribution in [0.2, 0.25) is 0 Å². The van der Waals surface area contributed by atoms with Gasteiger partial charge in [-0.3, -0.25) is 9.59 Å². The monoisotopic (exact) mass is 506 g/mol. The van der Waals surface area contributed by atoms with Crippen molar-refractivity contribution in [3.05, 3.63) is 24.8 Å². The van der Waals surface area contributed by atoms with Gasteiger partial charge in [0, 0.05) is 0 Å². The summed E-state index contributed by atoms with van der Waals surface area (Å²) >= 11 is 0. The van der Waals surface area contributed by atoms with E-state index in [1.807, 2.05) is 0 Å². The van der Waals surface area contributed by atoms with Crippen molar-refractivity contribution in [2.24, 2.45) is 5.92 Å². The quantitative estimate of drug-likeness (QED) is 0.0651. The molecule has 0 aliphatic heterocycles. The molecule has 0 spiro atoms. The van der Waals surface area contributed by atoms with Crippen molar-refractivity contribution in [2.45, 2.75) is 155 Å². The molecule has 0 amide bonds. The normalized spacial score (nSPS) is 12.1. The maximum Gasteiger partial charge on any atom is 0.309 e. The van der Waals surface area contributed by atoms with Crippen LogP contribution in [0.3, 0.4) is 0 Å². The molecule has 1 N–H and O–H groups in total. The van der Waals surface area contributed by atoms with Crippen molar-refractivity contribution in [3.8, 4) is 0 Å². The Morgan fingerprint density at radius 2 is 1.11 bits per heavy atom. The fourth-order valence-corrected chi connectivity index (χ4v) is 4.65. The molecule has 4 heteroatoms. The Hall–Kier alpha value is -1.58. The second-order valence-electron chi connectivity index (χ2n) is 10.4. The van der Waals surface area contributed by atoms with Gasteiger partial charge < -0.3 is 9.84 Å². The highest BCUT2D eigenvalue weighted by Gasteiger charge is 2.22. The van der Waals surface area contributed by atoms with E-state index in [1.165, 1.54) is 109 Å². The smallest absolute Gasteiger partial charge is 0.309 e. The van der Waals surface area contributed by atoms with Gasteiger partial charge in [-0.1, -0.05) is 141 Å². The fourth-order valence-electron chi connectivity index (χ4n) is 4.65. The predicted octanol–water partition coefficient (Wildman–Crippen LogP) is 9.96. The third-order valence-corrected chi connectivity index (χ3v) is 6.91. The van der Waals surface area contributed by atoms with Gasteiger partial charge in [0.25, 0.3) is 0 Å². The van der Waals surface area contributed by atoms with Crippen molar-refractivity contribution in [1.29, 1.82) is 0 Å². The van der Waals surface area contributed by atoms with Gasteiger partial charge in [0.05, 0.1) is 12.3 Å². The molecule has 0 aliphatic rings. The van der Waals surface area contributed by atoms with Gasteiger partial charge >= 0.3 is 11.9 Å². The standard InChI is InChI=1S/C32H58O4/c1-3-5-6-7-8-9-10-11-12-13-14-15-16-17-18-19-20-21-22-23-24-25-26-27-30(29-31(33)34)32(35)36-28-4-2/h4,20-21,30H,2-3,5-19,22-29H2,1H3,(H,33,34)/b21-20+. The Kier molecular flexibility index (Phi) is 26.8. The second kappa shape index (κ2) is 28.0. The molecule has 0 fully saturated rings. The summed E-state index contributed by atoms with van der Waals surface area (Å²) in [6, 6.07) is 0. The summed E-state index contributed by atoms with van der Waals surface area (Å²) in [7, 11) is 0. The van der Waals surface area contributed by atoms with Gasteiger partial charge in [0.1, 0.15) is 6.61 Å². The van der Waals surface area contributed by atoms with Crippen LogP contribution in [0.1, 0.15) is 155 Å². The van der Waals surface area contributed by atoms with Gasteiger partial charge in [-0.2, -0.15) is 0 Å². The zero-order valence-electron chi connectivity index (χ0n) is 23.7. The van der Waals surface area contributed by atoms with Crippen molar-refractivity contribution in [1.82, 2.24) is 0 Å². The number of carbonyl (C=O) groups excluding carboxylic acids is 1. The van der Waals surface area contributed by atoms with E-state index in [4.69, 9.17) is 9.84 Å². The highest BCUT2D eigenvalue weighted by Crippen LogP contribution is 2.17. The molecule has 0 bridgehead atoms. The SMILES string of the molecule is C=CCOC(=O)C(CCCCCC/C=C/CCCCCCCCCCCCCCCCC)CC(=O)O. The number of unbranched alkanes of at least 4 members (excludes halogenated alkanes) is 19. The minimum Gasteiger partial charge on any atom is -0.481 e. The van der Waals surface area contributed by atoms with Crippen molar-refractivity contribution >= 4 is 11.9 Å². The van der Waals surface area contributed by atoms with Gasteiger partial charge in [0.2, 0.25) is 0 Å². The fraction of sp³-hybridized carbons (Fsp3) is 0.812. The van der Waals surface area contributed by atoms with E-state index < -0.39 is 17.9 Å². The third-order valence-electron chi connectivity index (χ3n) is 6.91. The third kappa shape index (κ3) is 25.5. The molecule has 210 valence electrons. The zero-order valence-corrected chi connectivity index (χ0v) is 23.7. The van der Waals surface area contributed by atoms with Crippen molar-refractivity contribution in [2.75, 3.05) is 6.61 Å². The first-order chi connectivity index (χ1) is 17.6. The molecule has 36 heavy (non-hydrogen) atoms. The number of rotatable bonds is 28. The Morgan fingerprint density at radius 1 is 0.694 bits per heavy atom. The van der Waals surface area contributed by atoms with Gasteiger partial charge in [-0.25, -0.2) is 0 Å². The number of ether oxygens (including phenoxy) is 1. The van der Waals surface area contributed by atoms with E-state index in [2.05, 4.69) is 25.7 Å². The molecule has 1 atom stereocenters. The lowest BCUT2D eigenvalue weighted by atomic mass is 9.97.